The van der Waals surface area contributed by atoms with Crippen LogP contribution in [0, 0.1) is 13.8 Å². The predicted octanol–water partition coefficient (Wildman–Crippen LogP) is 0.304. The van der Waals surface area contributed by atoms with Crippen LogP contribution in [-0.4, -0.2) is 35.6 Å². The number of hydrogen-bond donors (Lipinski definition) is 1. The highest BCUT2D eigenvalue weighted by atomic mass is 16.4. The lowest BCUT2D eigenvalue weighted by molar-refractivity contribution is -0.136. The third kappa shape index (κ3) is 2.24. The number of nitrogens with zero attached hydrogens (tertiary/aromatic N) is 5. The first-order chi connectivity index (χ1) is 8.49. The Hall–Kier alpha value is -2.18. The maximum absolute atomic E-state index is 10.8. The number of aryl methyl sites for hydroxylation is 2. The number of hydrogen-bond acceptors (Lipinski definition) is 4. The molecule has 2 aromatic rings. The molecule has 7 nitrogen and oxygen atoms in total. The normalized spacial score (nSPS) is 10.8. The average Bonchev–Trinajstić information content (AvgIpc) is 2.79. The number of aromatic nitrogens is 5. The Morgan fingerprint density at radius 2 is 2.17 bits per heavy atom. The van der Waals surface area contributed by atoms with E-state index in [1.807, 2.05) is 20.9 Å². The Morgan fingerprint density at radius 3 is 2.72 bits per heavy atom. The molecule has 0 bridgehead atoms. The van der Waals surface area contributed by atoms with E-state index in [0.717, 1.165) is 22.8 Å². The van der Waals surface area contributed by atoms with Crippen molar-refractivity contribution in [2.75, 3.05) is 0 Å². The molecule has 96 valence electrons. The largest absolute Gasteiger partial charge is 0.481 e. The van der Waals surface area contributed by atoms with Crippen LogP contribution in [0.3, 0.4) is 0 Å². The van der Waals surface area contributed by atoms with Gasteiger partial charge in [0, 0.05) is 18.3 Å². The van der Waals surface area contributed by atoms with Crippen LogP contribution in [-0.2, 0) is 24.8 Å². The third-order valence-corrected chi connectivity index (χ3v) is 2.96. The van der Waals surface area contributed by atoms with Gasteiger partial charge in [-0.1, -0.05) is 0 Å². The van der Waals surface area contributed by atoms with Crippen molar-refractivity contribution in [3.63, 3.8) is 0 Å². The van der Waals surface area contributed by atoms with Gasteiger partial charge < -0.3 is 5.11 Å². The van der Waals surface area contributed by atoms with Gasteiger partial charge in [0.15, 0.2) is 0 Å². The molecular weight excluding hydrogens is 234 g/mol. The molecule has 0 aromatic carbocycles. The van der Waals surface area contributed by atoms with Gasteiger partial charge in [0.05, 0.1) is 12.1 Å². The highest BCUT2D eigenvalue weighted by Gasteiger charge is 2.15. The fraction of sp³-hybridized carbons (Fsp3) is 0.455. The van der Waals surface area contributed by atoms with Crippen LogP contribution in [0.2, 0.25) is 0 Å². The van der Waals surface area contributed by atoms with Crippen molar-refractivity contribution in [3.05, 3.63) is 29.1 Å². The lowest BCUT2D eigenvalue weighted by Crippen LogP contribution is -2.10. The lowest BCUT2D eigenvalue weighted by Gasteiger charge is -2.04. The molecule has 0 unspecified atom stereocenters. The molecule has 0 amide bonds. The molecule has 2 heterocycles. The molecule has 0 fully saturated rings. The van der Waals surface area contributed by atoms with Gasteiger partial charge in [-0.25, -0.2) is 4.98 Å². The Balaban J connectivity index is 2.30. The third-order valence-electron chi connectivity index (χ3n) is 2.96. The Bertz CT molecular complexity index is 584. The first-order valence-corrected chi connectivity index (χ1v) is 5.56. The predicted molar refractivity (Wildman–Crippen MR) is 63.1 cm³/mol. The van der Waals surface area contributed by atoms with E-state index in [4.69, 9.17) is 5.11 Å². The Labute approximate surface area is 104 Å². The number of carboxylic acid groups (broad SMARTS) is 1. The first-order valence-electron chi connectivity index (χ1n) is 5.56. The van der Waals surface area contributed by atoms with Crippen molar-refractivity contribution in [2.24, 2.45) is 7.05 Å². The second-order valence-corrected chi connectivity index (χ2v) is 4.18. The lowest BCUT2D eigenvalue weighted by atomic mass is 10.1. The van der Waals surface area contributed by atoms with Crippen LogP contribution in [0.1, 0.15) is 22.8 Å². The molecule has 2 rings (SSSR count). The second kappa shape index (κ2) is 4.59. The molecular formula is C11H15N5O2. The van der Waals surface area contributed by atoms with Gasteiger partial charge in [-0.05, 0) is 13.8 Å². The highest BCUT2D eigenvalue weighted by Crippen LogP contribution is 2.14. The SMILES string of the molecule is Cc1nn(Cc2ncnn2C)c(C)c1CC(=O)O. The number of rotatable bonds is 4. The van der Waals surface area contributed by atoms with Crippen molar-refractivity contribution in [1.29, 1.82) is 0 Å². The molecule has 0 aliphatic carbocycles. The van der Waals surface area contributed by atoms with E-state index < -0.39 is 5.97 Å². The molecule has 0 aliphatic heterocycles. The summed E-state index contributed by atoms with van der Waals surface area (Å²) in [4.78, 5) is 14.9. The average molecular weight is 249 g/mol. The molecule has 0 saturated heterocycles. The van der Waals surface area contributed by atoms with Crippen LogP contribution in [0.15, 0.2) is 6.33 Å². The number of carboxylic acids is 1. The summed E-state index contributed by atoms with van der Waals surface area (Å²) in [5.41, 5.74) is 2.37. The molecule has 0 radical (unpaired) electrons. The van der Waals surface area contributed by atoms with Crippen LogP contribution < -0.4 is 0 Å². The van der Waals surface area contributed by atoms with E-state index in [2.05, 4.69) is 15.2 Å². The maximum atomic E-state index is 10.8. The van der Waals surface area contributed by atoms with Crippen LogP contribution in [0.4, 0.5) is 0 Å². The summed E-state index contributed by atoms with van der Waals surface area (Å²) in [6.07, 6.45) is 1.48. The zero-order chi connectivity index (χ0) is 13.3. The molecule has 18 heavy (non-hydrogen) atoms. The Morgan fingerprint density at radius 1 is 1.44 bits per heavy atom. The van der Waals surface area contributed by atoms with Gasteiger partial charge in [-0.3, -0.25) is 14.2 Å². The molecule has 2 aromatic heterocycles. The van der Waals surface area contributed by atoms with E-state index in [0.29, 0.717) is 6.54 Å². The van der Waals surface area contributed by atoms with Gasteiger partial charge in [0.25, 0.3) is 0 Å². The van der Waals surface area contributed by atoms with Gasteiger partial charge >= 0.3 is 5.97 Å². The summed E-state index contributed by atoms with van der Waals surface area (Å²) in [5, 5.41) is 17.2. The van der Waals surface area contributed by atoms with Gasteiger partial charge in [-0.2, -0.15) is 10.2 Å². The van der Waals surface area contributed by atoms with Crippen LogP contribution in [0.25, 0.3) is 0 Å². The number of carbonyl (C=O) groups is 1. The molecule has 0 aliphatic rings. The number of aliphatic carboxylic acids is 1. The van der Waals surface area contributed by atoms with Crippen molar-refractivity contribution >= 4 is 5.97 Å². The minimum Gasteiger partial charge on any atom is -0.481 e. The van der Waals surface area contributed by atoms with E-state index in [9.17, 15) is 4.79 Å². The fourth-order valence-corrected chi connectivity index (χ4v) is 1.89. The van der Waals surface area contributed by atoms with Gasteiger partial charge in [-0.15, -0.1) is 0 Å². The summed E-state index contributed by atoms with van der Waals surface area (Å²) < 4.78 is 3.44. The first kappa shape index (κ1) is 12.3. The molecule has 0 spiro atoms. The van der Waals surface area contributed by atoms with Crippen molar-refractivity contribution in [1.82, 2.24) is 24.5 Å². The summed E-state index contributed by atoms with van der Waals surface area (Å²) in [6, 6.07) is 0. The molecule has 0 atom stereocenters. The van der Waals surface area contributed by atoms with Gasteiger partial charge in [0.1, 0.15) is 18.7 Å². The fourth-order valence-electron chi connectivity index (χ4n) is 1.89. The monoisotopic (exact) mass is 249 g/mol. The molecule has 0 saturated carbocycles. The zero-order valence-corrected chi connectivity index (χ0v) is 10.6. The van der Waals surface area contributed by atoms with Gasteiger partial charge in [0.2, 0.25) is 0 Å². The zero-order valence-electron chi connectivity index (χ0n) is 10.6. The van der Waals surface area contributed by atoms with E-state index in [1.165, 1.54) is 6.33 Å². The van der Waals surface area contributed by atoms with Crippen LogP contribution in [0.5, 0.6) is 0 Å². The topological polar surface area (TPSA) is 85.8 Å². The standard InChI is InChI=1S/C11H15N5O2/c1-7-9(4-11(17)18)8(2)16(14-7)5-10-12-6-13-15(10)3/h6H,4-5H2,1-3H3,(H,17,18). The summed E-state index contributed by atoms with van der Waals surface area (Å²) in [5.74, 6) is -0.0677. The quantitative estimate of drug-likeness (QED) is 0.842. The summed E-state index contributed by atoms with van der Waals surface area (Å²) in [6.45, 7) is 4.18. The van der Waals surface area contributed by atoms with Crippen LogP contribution >= 0.6 is 0 Å². The van der Waals surface area contributed by atoms with Crippen molar-refractivity contribution in [2.45, 2.75) is 26.8 Å². The maximum Gasteiger partial charge on any atom is 0.307 e. The molecule has 1 N–H and O–H groups in total. The second-order valence-electron chi connectivity index (χ2n) is 4.18. The smallest absolute Gasteiger partial charge is 0.307 e. The Kier molecular flexibility index (Phi) is 3.14. The van der Waals surface area contributed by atoms with E-state index in [-0.39, 0.29) is 6.42 Å². The van der Waals surface area contributed by atoms with E-state index in [1.54, 1.807) is 9.36 Å². The highest BCUT2D eigenvalue weighted by molar-refractivity contribution is 5.70. The summed E-state index contributed by atoms with van der Waals surface area (Å²) >= 11 is 0. The van der Waals surface area contributed by atoms with Crippen molar-refractivity contribution < 1.29 is 9.90 Å². The summed E-state index contributed by atoms with van der Waals surface area (Å²) in [7, 11) is 1.81. The van der Waals surface area contributed by atoms with E-state index >= 15 is 0 Å². The minimum atomic E-state index is -0.848. The minimum absolute atomic E-state index is 0.00349. The van der Waals surface area contributed by atoms with Crippen molar-refractivity contribution in [3.8, 4) is 0 Å². The molecule has 7 heteroatoms.